The van der Waals surface area contributed by atoms with Gasteiger partial charge in [0.1, 0.15) is 4.90 Å². The number of hydrogen-bond acceptors (Lipinski definition) is 5. The van der Waals surface area contributed by atoms with Crippen LogP contribution in [0.25, 0.3) is 10.2 Å². The number of sulfonamides is 1. The van der Waals surface area contributed by atoms with Crippen LogP contribution in [0.3, 0.4) is 0 Å². The Hall–Kier alpha value is -1.71. The van der Waals surface area contributed by atoms with Crippen LogP contribution in [0.15, 0.2) is 29.2 Å². The van der Waals surface area contributed by atoms with E-state index in [9.17, 15) is 13.2 Å². The molecule has 0 unspecified atom stereocenters. The molecule has 1 heterocycles. The van der Waals surface area contributed by atoms with Crippen LogP contribution in [0, 0.1) is 13.8 Å². The zero-order valence-corrected chi connectivity index (χ0v) is 18.7. The van der Waals surface area contributed by atoms with Gasteiger partial charge in [-0.25, -0.2) is 18.1 Å². The van der Waals surface area contributed by atoms with Crippen molar-refractivity contribution in [3.8, 4) is 0 Å². The molecule has 0 saturated heterocycles. The van der Waals surface area contributed by atoms with Crippen LogP contribution in [0.5, 0.6) is 0 Å². The van der Waals surface area contributed by atoms with E-state index in [-0.39, 0.29) is 26.5 Å². The maximum absolute atomic E-state index is 12.8. The quantitative estimate of drug-likeness (QED) is 0.555. The minimum absolute atomic E-state index is 0.0133. The molecule has 2 N–H and O–H groups in total. The lowest BCUT2D eigenvalue weighted by molar-refractivity contribution is 0.102. The predicted octanol–water partition coefficient (Wildman–Crippen LogP) is 4.91. The van der Waals surface area contributed by atoms with Crippen molar-refractivity contribution in [2.24, 2.45) is 0 Å². The maximum atomic E-state index is 12.8. The van der Waals surface area contributed by atoms with Crippen molar-refractivity contribution in [3.63, 3.8) is 0 Å². The van der Waals surface area contributed by atoms with Crippen molar-refractivity contribution >= 4 is 65.8 Å². The first-order chi connectivity index (χ1) is 13.6. The lowest BCUT2D eigenvalue weighted by Crippen LogP contribution is -2.26. The summed E-state index contributed by atoms with van der Waals surface area (Å²) < 4.78 is 28.6. The number of carbonyl (C=O) groups is 1. The first-order valence-electron chi connectivity index (χ1n) is 8.84. The standard InChI is InChI=1S/C19H17Cl2N3O3S2/c1-9-5-10(2)17-15(6-9)28-19(22-17)23-18(25)12-7-16(14(21)8-13(12)20)29(26,27)24-11-3-4-11/h5-8,11,24H,3-4H2,1-2H3,(H,22,23,25). The molecule has 4 rings (SSSR count). The number of carbonyl (C=O) groups excluding carboxylic acids is 1. The van der Waals surface area contributed by atoms with Gasteiger partial charge in [0.25, 0.3) is 5.91 Å². The normalized spacial score (nSPS) is 14.3. The van der Waals surface area contributed by atoms with Gasteiger partial charge in [-0.2, -0.15) is 0 Å². The summed E-state index contributed by atoms with van der Waals surface area (Å²) in [6.07, 6.45) is 1.57. The van der Waals surface area contributed by atoms with Gasteiger partial charge < -0.3 is 0 Å². The fourth-order valence-corrected chi connectivity index (χ4v) is 6.18. The Bertz CT molecular complexity index is 1250. The van der Waals surface area contributed by atoms with E-state index in [0.29, 0.717) is 5.13 Å². The smallest absolute Gasteiger partial charge is 0.259 e. The summed E-state index contributed by atoms with van der Waals surface area (Å²) in [4.78, 5) is 17.1. The van der Waals surface area contributed by atoms with E-state index in [0.717, 1.165) is 34.2 Å². The van der Waals surface area contributed by atoms with Gasteiger partial charge in [-0.05, 0) is 56.0 Å². The lowest BCUT2D eigenvalue weighted by atomic mass is 10.1. The lowest BCUT2D eigenvalue weighted by Gasteiger charge is -2.11. The Morgan fingerprint density at radius 1 is 1.14 bits per heavy atom. The number of anilines is 1. The molecule has 1 amide bonds. The second kappa shape index (κ2) is 7.52. The van der Waals surface area contributed by atoms with Crippen LogP contribution < -0.4 is 10.0 Å². The van der Waals surface area contributed by atoms with Crippen LogP contribution in [0.4, 0.5) is 5.13 Å². The number of nitrogens with one attached hydrogen (secondary N) is 2. The van der Waals surface area contributed by atoms with Crippen molar-refractivity contribution in [1.82, 2.24) is 9.71 Å². The number of hydrogen-bond donors (Lipinski definition) is 2. The van der Waals surface area contributed by atoms with E-state index in [1.165, 1.54) is 23.5 Å². The van der Waals surface area contributed by atoms with Gasteiger partial charge in [0.15, 0.2) is 5.13 Å². The number of fused-ring (bicyclic) bond motifs is 1. The molecule has 0 spiro atoms. The topological polar surface area (TPSA) is 88.2 Å². The van der Waals surface area contributed by atoms with Crippen LogP contribution in [0.2, 0.25) is 10.0 Å². The van der Waals surface area contributed by atoms with Crippen molar-refractivity contribution in [1.29, 1.82) is 0 Å². The van der Waals surface area contributed by atoms with E-state index in [1.807, 2.05) is 26.0 Å². The maximum Gasteiger partial charge on any atom is 0.259 e. The molecule has 1 aliphatic rings. The van der Waals surface area contributed by atoms with E-state index < -0.39 is 15.9 Å². The predicted molar refractivity (Wildman–Crippen MR) is 117 cm³/mol. The molecular weight excluding hydrogens is 453 g/mol. The molecule has 1 aromatic heterocycles. The Morgan fingerprint density at radius 2 is 1.86 bits per heavy atom. The number of benzene rings is 2. The summed E-state index contributed by atoms with van der Waals surface area (Å²) in [6.45, 7) is 3.95. The third-order valence-electron chi connectivity index (χ3n) is 4.51. The van der Waals surface area contributed by atoms with Gasteiger partial charge in [0.2, 0.25) is 10.0 Å². The van der Waals surface area contributed by atoms with Crippen molar-refractivity contribution in [3.05, 3.63) is 51.0 Å². The average molecular weight is 470 g/mol. The number of thiazole rings is 1. The molecule has 10 heteroatoms. The highest BCUT2D eigenvalue weighted by Gasteiger charge is 2.30. The van der Waals surface area contributed by atoms with Gasteiger partial charge in [-0.15, -0.1) is 0 Å². The Morgan fingerprint density at radius 3 is 2.55 bits per heavy atom. The van der Waals surface area contributed by atoms with Crippen LogP contribution in [-0.2, 0) is 10.0 Å². The van der Waals surface area contributed by atoms with Gasteiger partial charge in [-0.1, -0.05) is 40.6 Å². The van der Waals surface area contributed by atoms with Crippen LogP contribution in [0.1, 0.15) is 34.3 Å². The fourth-order valence-electron chi connectivity index (χ4n) is 2.98. The molecule has 0 bridgehead atoms. The van der Waals surface area contributed by atoms with Crippen LogP contribution >= 0.6 is 34.5 Å². The van der Waals surface area contributed by atoms with Crippen molar-refractivity contribution < 1.29 is 13.2 Å². The summed E-state index contributed by atoms with van der Waals surface area (Å²) in [5, 5.41) is 3.14. The zero-order valence-electron chi connectivity index (χ0n) is 15.5. The number of halogens is 2. The fraction of sp³-hybridized carbons (Fsp3) is 0.263. The van der Waals surface area contributed by atoms with Gasteiger partial charge in [0, 0.05) is 6.04 Å². The molecule has 3 aromatic rings. The molecular formula is C19H17Cl2N3O3S2. The van der Waals surface area contributed by atoms with E-state index in [1.54, 1.807) is 0 Å². The Kier molecular flexibility index (Phi) is 5.33. The third-order valence-corrected chi connectivity index (χ3v) is 7.72. The number of amides is 1. The van der Waals surface area contributed by atoms with Gasteiger partial charge >= 0.3 is 0 Å². The second-order valence-corrected chi connectivity index (χ2v) is 10.6. The zero-order chi connectivity index (χ0) is 20.9. The highest BCUT2D eigenvalue weighted by Crippen LogP contribution is 2.33. The van der Waals surface area contributed by atoms with E-state index in [4.69, 9.17) is 23.2 Å². The highest BCUT2D eigenvalue weighted by molar-refractivity contribution is 7.89. The summed E-state index contributed by atoms with van der Waals surface area (Å²) >= 11 is 13.6. The minimum Gasteiger partial charge on any atom is -0.298 e. The Balaban J connectivity index is 1.66. The molecule has 1 aliphatic carbocycles. The average Bonchev–Trinajstić information content (AvgIpc) is 3.31. The Labute approximate surface area is 182 Å². The van der Waals surface area contributed by atoms with E-state index in [2.05, 4.69) is 15.0 Å². The summed E-state index contributed by atoms with van der Waals surface area (Å²) in [7, 11) is -3.84. The molecule has 0 atom stereocenters. The van der Waals surface area contributed by atoms with Crippen molar-refractivity contribution in [2.45, 2.75) is 37.6 Å². The van der Waals surface area contributed by atoms with Crippen LogP contribution in [-0.4, -0.2) is 25.4 Å². The van der Waals surface area contributed by atoms with Gasteiger partial charge in [-0.3, -0.25) is 10.1 Å². The van der Waals surface area contributed by atoms with Crippen molar-refractivity contribution in [2.75, 3.05) is 5.32 Å². The highest BCUT2D eigenvalue weighted by atomic mass is 35.5. The second-order valence-electron chi connectivity index (χ2n) is 7.06. The molecule has 2 aromatic carbocycles. The summed E-state index contributed by atoms with van der Waals surface area (Å²) in [6, 6.07) is 6.41. The third kappa shape index (κ3) is 4.27. The minimum atomic E-state index is -3.84. The largest absolute Gasteiger partial charge is 0.298 e. The SMILES string of the molecule is Cc1cc(C)c2nc(NC(=O)c3cc(S(=O)(=O)NC4CC4)c(Cl)cc3Cl)sc2c1. The molecule has 1 fully saturated rings. The first-order valence-corrected chi connectivity index (χ1v) is 11.9. The molecule has 0 aliphatic heterocycles. The first kappa shape index (κ1) is 20.6. The van der Waals surface area contributed by atoms with E-state index >= 15 is 0 Å². The van der Waals surface area contributed by atoms with Gasteiger partial charge in [0.05, 0.1) is 25.8 Å². The number of aromatic nitrogens is 1. The number of rotatable bonds is 5. The molecule has 0 radical (unpaired) electrons. The molecule has 29 heavy (non-hydrogen) atoms. The molecule has 6 nitrogen and oxygen atoms in total. The number of nitrogens with zero attached hydrogens (tertiary/aromatic N) is 1. The summed E-state index contributed by atoms with van der Waals surface area (Å²) in [5.74, 6) is -0.553. The monoisotopic (exact) mass is 469 g/mol. The number of aryl methyl sites for hydroxylation is 2. The summed E-state index contributed by atoms with van der Waals surface area (Å²) in [5.41, 5.74) is 2.95. The molecule has 1 saturated carbocycles. The molecule has 152 valence electrons.